The van der Waals surface area contributed by atoms with Crippen LogP contribution in [0.1, 0.15) is 20.7 Å². The smallest absolute Gasteiger partial charge is 0.341 e. The zero-order chi connectivity index (χ0) is 14.7. The van der Waals surface area contributed by atoms with Crippen LogP contribution in [0.4, 0.5) is 10.1 Å². The SMILES string of the molecule is COC(=O)c1c(C(=O)O)ccc(N2CCNCC2)c1F. The van der Waals surface area contributed by atoms with E-state index in [9.17, 15) is 14.0 Å². The highest BCUT2D eigenvalue weighted by Crippen LogP contribution is 2.26. The van der Waals surface area contributed by atoms with E-state index in [4.69, 9.17) is 5.11 Å². The summed E-state index contributed by atoms with van der Waals surface area (Å²) in [7, 11) is 1.09. The summed E-state index contributed by atoms with van der Waals surface area (Å²) < 4.78 is 19.0. The average molecular weight is 282 g/mol. The molecule has 1 heterocycles. The molecular formula is C13H15FN2O4. The molecule has 0 spiro atoms. The first-order valence-corrected chi connectivity index (χ1v) is 6.16. The minimum atomic E-state index is -1.36. The minimum absolute atomic E-state index is 0.219. The van der Waals surface area contributed by atoms with E-state index in [-0.39, 0.29) is 5.69 Å². The quantitative estimate of drug-likeness (QED) is 0.795. The van der Waals surface area contributed by atoms with Gasteiger partial charge in [-0.05, 0) is 12.1 Å². The van der Waals surface area contributed by atoms with Crippen molar-refractivity contribution in [1.82, 2.24) is 5.32 Å². The fourth-order valence-electron chi connectivity index (χ4n) is 2.19. The predicted octanol–water partition coefficient (Wildman–Crippen LogP) is 0.720. The van der Waals surface area contributed by atoms with E-state index in [1.807, 2.05) is 0 Å². The van der Waals surface area contributed by atoms with Crippen molar-refractivity contribution in [2.45, 2.75) is 0 Å². The second-order valence-corrected chi connectivity index (χ2v) is 4.36. The highest BCUT2D eigenvalue weighted by atomic mass is 19.1. The lowest BCUT2D eigenvalue weighted by atomic mass is 10.0. The Balaban J connectivity index is 2.50. The molecule has 0 radical (unpaired) electrons. The number of ether oxygens (including phenoxy) is 1. The molecule has 1 fully saturated rings. The van der Waals surface area contributed by atoms with Gasteiger partial charge in [0.2, 0.25) is 0 Å². The van der Waals surface area contributed by atoms with Gasteiger partial charge in [-0.15, -0.1) is 0 Å². The third kappa shape index (κ3) is 2.57. The van der Waals surface area contributed by atoms with E-state index < -0.39 is 28.9 Å². The van der Waals surface area contributed by atoms with E-state index in [2.05, 4.69) is 10.1 Å². The summed E-state index contributed by atoms with van der Waals surface area (Å²) in [6.45, 7) is 2.58. The maximum atomic E-state index is 14.5. The number of nitrogens with one attached hydrogen (secondary N) is 1. The molecule has 108 valence electrons. The maximum Gasteiger partial charge on any atom is 0.341 e. The third-order valence-corrected chi connectivity index (χ3v) is 3.20. The first-order chi connectivity index (χ1) is 9.56. The highest BCUT2D eigenvalue weighted by Gasteiger charge is 2.26. The van der Waals surface area contributed by atoms with Crippen LogP contribution in [-0.4, -0.2) is 50.3 Å². The van der Waals surface area contributed by atoms with Crippen molar-refractivity contribution < 1.29 is 23.8 Å². The molecule has 1 aliphatic heterocycles. The van der Waals surface area contributed by atoms with Crippen molar-refractivity contribution in [2.24, 2.45) is 0 Å². The molecule has 0 amide bonds. The van der Waals surface area contributed by atoms with E-state index in [0.717, 1.165) is 7.11 Å². The number of hydrogen-bond donors (Lipinski definition) is 2. The summed E-state index contributed by atoms with van der Waals surface area (Å²) >= 11 is 0. The molecule has 1 saturated heterocycles. The molecular weight excluding hydrogens is 267 g/mol. The van der Waals surface area contributed by atoms with Crippen molar-refractivity contribution >= 4 is 17.6 Å². The Morgan fingerprint density at radius 3 is 2.55 bits per heavy atom. The molecule has 20 heavy (non-hydrogen) atoms. The van der Waals surface area contributed by atoms with Gasteiger partial charge in [0.15, 0.2) is 5.82 Å². The van der Waals surface area contributed by atoms with Crippen LogP contribution in [0, 0.1) is 5.82 Å². The number of anilines is 1. The molecule has 6 nitrogen and oxygen atoms in total. The lowest BCUT2D eigenvalue weighted by Gasteiger charge is -2.30. The van der Waals surface area contributed by atoms with Gasteiger partial charge in [0.05, 0.1) is 18.4 Å². The Bertz CT molecular complexity index is 541. The summed E-state index contributed by atoms with van der Waals surface area (Å²) in [5.74, 6) is -3.20. The molecule has 0 atom stereocenters. The number of methoxy groups -OCH3 is 1. The number of benzene rings is 1. The molecule has 1 aromatic carbocycles. The second-order valence-electron chi connectivity index (χ2n) is 4.36. The van der Waals surface area contributed by atoms with Crippen molar-refractivity contribution in [3.05, 3.63) is 29.1 Å². The van der Waals surface area contributed by atoms with Crippen molar-refractivity contribution in [3.63, 3.8) is 0 Å². The Morgan fingerprint density at radius 2 is 2.00 bits per heavy atom. The minimum Gasteiger partial charge on any atom is -0.478 e. The number of carbonyl (C=O) groups is 2. The number of rotatable bonds is 3. The monoisotopic (exact) mass is 282 g/mol. The van der Waals surface area contributed by atoms with Gasteiger partial charge in [-0.3, -0.25) is 0 Å². The summed E-state index contributed by atoms with van der Waals surface area (Å²) in [6, 6.07) is 2.62. The number of piperazine rings is 1. The van der Waals surface area contributed by atoms with E-state index >= 15 is 0 Å². The van der Waals surface area contributed by atoms with Crippen LogP contribution in [0.5, 0.6) is 0 Å². The zero-order valence-corrected chi connectivity index (χ0v) is 11.0. The lowest BCUT2D eigenvalue weighted by Crippen LogP contribution is -2.44. The molecule has 0 aromatic heterocycles. The van der Waals surface area contributed by atoms with Crippen molar-refractivity contribution in [1.29, 1.82) is 0 Å². The molecule has 0 aliphatic carbocycles. The highest BCUT2D eigenvalue weighted by molar-refractivity contribution is 6.03. The predicted molar refractivity (Wildman–Crippen MR) is 69.8 cm³/mol. The largest absolute Gasteiger partial charge is 0.478 e. The van der Waals surface area contributed by atoms with Crippen LogP contribution in [-0.2, 0) is 4.74 Å². The average Bonchev–Trinajstić information content (AvgIpc) is 2.46. The van der Waals surface area contributed by atoms with Gasteiger partial charge >= 0.3 is 11.9 Å². The number of carboxylic acid groups (broad SMARTS) is 1. The maximum absolute atomic E-state index is 14.5. The molecule has 0 saturated carbocycles. The molecule has 0 bridgehead atoms. The number of esters is 1. The van der Waals surface area contributed by atoms with Crippen LogP contribution in [0.2, 0.25) is 0 Å². The van der Waals surface area contributed by atoms with Crippen LogP contribution in [0.25, 0.3) is 0 Å². The normalized spacial score (nSPS) is 15.0. The zero-order valence-electron chi connectivity index (χ0n) is 11.0. The van der Waals surface area contributed by atoms with Crippen LogP contribution < -0.4 is 10.2 Å². The Hall–Kier alpha value is -2.15. The summed E-state index contributed by atoms with van der Waals surface area (Å²) in [6.07, 6.45) is 0. The summed E-state index contributed by atoms with van der Waals surface area (Å²) in [5.41, 5.74) is -0.707. The van der Waals surface area contributed by atoms with Crippen LogP contribution >= 0.6 is 0 Å². The fraction of sp³-hybridized carbons (Fsp3) is 0.385. The second kappa shape index (κ2) is 5.87. The molecule has 1 aliphatic rings. The number of carboxylic acids is 1. The first kappa shape index (κ1) is 14.3. The number of nitrogens with zero attached hydrogens (tertiary/aromatic N) is 1. The van der Waals surface area contributed by atoms with Crippen molar-refractivity contribution in [2.75, 3.05) is 38.2 Å². The third-order valence-electron chi connectivity index (χ3n) is 3.20. The molecule has 1 aromatic rings. The standard InChI is InChI=1S/C13H15FN2O4/c1-20-13(19)10-8(12(17)18)2-3-9(11(10)14)16-6-4-15-5-7-16/h2-3,15H,4-7H2,1H3,(H,17,18). The number of carbonyl (C=O) groups excluding carboxylic acids is 1. The van der Waals surface area contributed by atoms with Gasteiger partial charge in [-0.2, -0.15) is 0 Å². The molecule has 0 unspecified atom stereocenters. The molecule has 2 rings (SSSR count). The summed E-state index contributed by atoms with van der Waals surface area (Å²) in [5, 5.41) is 12.2. The van der Waals surface area contributed by atoms with Crippen LogP contribution in [0.3, 0.4) is 0 Å². The number of aromatic carboxylic acids is 1. The molecule has 7 heteroatoms. The van der Waals surface area contributed by atoms with Gasteiger partial charge in [0.1, 0.15) is 5.56 Å². The first-order valence-electron chi connectivity index (χ1n) is 6.16. The van der Waals surface area contributed by atoms with Crippen LogP contribution in [0.15, 0.2) is 12.1 Å². The fourth-order valence-corrected chi connectivity index (χ4v) is 2.19. The topological polar surface area (TPSA) is 78.9 Å². The van der Waals surface area contributed by atoms with Gasteiger partial charge in [0, 0.05) is 26.2 Å². The van der Waals surface area contributed by atoms with Gasteiger partial charge in [-0.1, -0.05) is 0 Å². The van der Waals surface area contributed by atoms with Gasteiger partial charge in [-0.25, -0.2) is 14.0 Å². The molecule has 2 N–H and O–H groups in total. The van der Waals surface area contributed by atoms with Crippen molar-refractivity contribution in [3.8, 4) is 0 Å². The van der Waals surface area contributed by atoms with Gasteiger partial charge < -0.3 is 20.1 Å². The Labute approximate surface area is 115 Å². The van der Waals surface area contributed by atoms with E-state index in [0.29, 0.717) is 26.2 Å². The lowest BCUT2D eigenvalue weighted by molar-refractivity contribution is 0.0577. The summed E-state index contributed by atoms with van der Waals surface area (Å²) in [4.78, 5) is 24.5. The Kier molecular flexibility index (Phi) is 4.19. The van der Waals surface area contributed by atoms with E-state index in [1.165, 1.54) is 12.1 Å². The van der Waals surface area contributed by atoms with E-state index in [1.54, 1.807) is 4.90 Å². The Morgan fingerprint density at radius 1 is 1.35 bits per heavy atom. The number of hydrogen-bond acceptors (Lipinski definition) is 5. The van der Waals surface area contributed by atoms with Gasteiger partial charge in [0.25, 0.3) is 0 Å². The number of halogens is 1.